The van der Waals surface area contributed by atoms with Crippen LogP contribution in [0, 0.1) is 0 Å². The summed E-state index contributed by atoms with van der Waals surface area (Å²) in [6.45, 7) is 9.61. The fraction of sp³-hybridized carbons (Fsp3) is 0.727. The van der Waals surface area contributed by atoms with E-state index in [1.54, 1.807) is 15.9 Å². The topological polar surface area (TPSA) is 50.5 Å². The molecule has 1 saturated carbocycles. The number of hydrogen-bond acceptors (Lipinski definition) is 5. The van der Waals surface area contributed by atoms with Gasteiger partial charge in [0.2, 0.25) is 0 Å². The van der Waals surface area contributed by atoms with E-state index in [9.17, 15) is 9.59 Å². The van der Waals surface area contributed by atoms with Gasteiger partial charge in [0.15, 0.2) is 0 Å². The molecule has 7 heteroatoms. The van der Waals surface area contributed by atoms with Gasteiger partial charge in [0, 0.05) is 37.1 Å². The first-order chi connectivity index (χ1) is 14.0. The molecule has 0 unspecified atom stereocenters. The summed E-state index contributed by atoms with van der Waals surface area (Å²) in [6.07, 6.45) is 6.24. The zero-order valence-electron chi connectivity index (χ0n) is 18.1. The van der Waals surface area contributed by atoms with Crippen molar-refractivity contribution in [2.45, 2.75) is 71.5 Å². The van der Waals surface area contributed by atoms with Crippen LogP contribution < -0.4 is 11.2 Å². The summed E-state index contributed by atoms with van der Waals surface area (Å²) >= 11 is 1.67. The van der Waals surface area contributed by atoms with Gasteiger partial charge >= 0.3 is 5.69 Å². The number of hydrogen-bond donors (Lipinski definition) is 0. The van der Waals surface area contributed by atoms with E-state index < -0.39 is 0 Å². The molecule has 6 nitrogen and oxygen atoms in total. The molecule has 2 aromatic heterocycles. The van der Waals surface area contributed by atoms with Gasteiger partial charge in [0.1, 0.15) is 4.83 Å². The lowest BCUT2D eigenvalue weighted by atomic mass is 9.95. The van der Waals surface area contributed by atoms with Crippen LogP contribution in [0.3, 0.4) is 0 Å². The molecule has 0 radical (unpaired) electrons. The highest BCUT2D eigenvalue weighted by atomic mass is 32.1. The maximum absolute atomic E-state index is 13.6. The molecular weight excluding hydrogens is 384 g/mol. The Bertz CT molecular complexity index is 979. The first kappa shape index (κ1) is 20.8. The molecule has 0 bridgehead atoms. The fourth-order valence-corrected chi connectivity index (χ4v) is 6.43. The van der Waals surface area contributed by atoms with Gasteiger partial charge in [-0.15, -0.1) is 11.3 Å². The molecule has 0 atom stereocenters. The summed E-state index contributed by atoms with van der Waals surface area (Å²) in [4.78, 5) is 34.0. The SMILES string of the molecule is CCN(CC)CCn1c(=O)n(C2CCCCC2)c(=O)c2c3c(sc21)CN(C)CC3. The number of thiophene rings is 1. The van der Waals surface area contributed by atoms with Crippen LogP contribution in [0.5, 0.6) is 0 Å². The Hall–Kier alpha value is -1.44. The monoisotopic (exact) mass is 418 g/mol. The van der Waals surface area contributed by atoms with Gasteiger partial charge in [-0.1, -0.05) is 33.1 Å². The average Bonchev–Trinajstić information content (AvgIpc) is 3.10. The van der Waals surface area contributed by atoms with Crippen LogP contribution in [0.25, 0.3) is 10.2 Å². The predicted molar refractivity (Wildman–Crippen MR) is 120 cm³/mol. The maximum atomic E-state index is 13.6. The molecule has 2 aliphatic rings. The lowest BCUT2D eigenvalue weighted by molar-refractivity contribution is 0.284. The molecule has 160 valence electrons. The summed E-state index contributed by atoms with van der Waals surface area (Å²) in [5.41, 5.74) is 1.08. The van der Waals surface area contributed by atoms with E-state index in [1.807, 2.05) is 4.57 Å². The van der Waals surface area contributed by atoms with E-state index in [-0.39, 0.29) is 17.3 Å². The molecule has 4 rings (SSSR count). The molecule has 1 aliphatic carbocycles. The molecule has 0 aromatic carbocycles. The average molecular weight is 419 g/mol. The van der Waals surface area contributed by atoms with Crippen molar-refractivity contribution in [2.75, 3.05) is 33.2 Å². The summed E-state index contributed by atoms with van der Waals surface area (Å²) in [5, 5.41) is 0.836. The van der Waals surface area contributed by atoms with E-state index >= 15 is 0 Å². The molecule has 29 heavy (non-hydrogen) atoms. The van der Waals surface area contributed by atoms with E-state index in [1.165, 1.54) is 16.9 Å². The second-order valence-corrected chi connectivity index (χ2v) is 9.68. The highest BCUT2D eigenvalue weighted by Gasteiger charge is 2.28. The van der Waals surface area contributed by atoms with Gasteiger partial charge in [-0.2, -0.15) is 0 Å². The minimum absolute atomic E-state index is 0.0296. The molecule has 0 amide bonds. The number of aromatic nitrogens is 2. The van der Waals surface area contributed by atoms with Crippen molar-refractivity contribution in [2.24, 2.45) is 0 Å². The molecule has 1 aliphatic heterocycles. The molecule has 3 heterocycles. The van der Waals surface area contributed by atoms with Crippen LogP contribution in [-0.4, -0.2) is 52.2 Å². The third kappa shape index (κ3) is 3.84. The normalized spacial score (nSPS) is 18.6. The number of nitrogens with zero attached hydrogens (tertiary/aromatic N) is 4. The van der Waals surface area contributed by atoms with Gasteiger partial charge in [0.25, 0.3) is 5.56 Å². The Morgan fingerprint density at radius 1 is 1.10 bits per heavy atom. The van der Waals surface area contributed by atoms with Crippen LogP contribution in [0.2, 0.25) is 0 Å². The highest BCUT2D eigenvalue weighted by Crippen LogP contribution is 2.33. The zero-order chi connectivity index (χ0) is 20.5. The zero-order valence-corrected chi connectivity index (χ0v) is 18.9. The molecule has 2 aromatic rings. The van der Waals surface area contributed by atoms with Crippen molar-refractivity contribution in [3.63, 3.8) is 0 Å². The van der Waals surface area contributed by atoms with E-state index in [4.69, 9.17) is 0 Å². The Morgan fingerprint density at radius 2 is 1.83 bits per heavy atom. The van der Waals surface area contributed by atoms with Gasteiger partial charge < -0.3 is 9.80 Å². The number of fused-ring (bicyclic) bond motifs is 3. The van der Waals surface area contributed by atoms with E-state index in [0.29, 0.717) is 6.54 Å². The van der Waals surface area contributed by atoms with Crippen molar-refractivity contribution in [1.82, 2.24) is 18.9 Å². The predicted octanol–water partition coefficient (Wildman–Crippen LogP) is 3.06. The summed E-state index contributed by atoms with van der Waals surface area (Å²) in [7, 11) is 2.13. The van der Waals surface area contributed by atoms with Crippen LogP contribution in [0.1, 0.15) is 62.4 Å². The Labute approximate surface area is 176 Å². The Kier molecular flexibility index (Phi) is 6.27. The molecule has 0 N–H and O–H groups in total. The van der Waals surface area contributed by atoms with Gasteiger partial charge in [-0.3, -0.25) is 13.9 Å². The second-order valence-electron chi connectivity index (χ2n) is 8.60. The molecule has 1 fully saturated rings. The van der Waals surface area contributed by atoms with Crippen LogP contribution in [-0.2, 0) is 19.5 Å². The summed E-state index contributed by atoms with van der Waals surface area (Å²) in [6, 6.07) is 0.0645. The first-order valence-electron chi connectivity index (χ1n) is 11.3. The van der Waals surface area contributed by atoms with E-state index in [0.717, 1.165) is 75.0 Å². The van der Waals surface area contributed by atoms with Gasteiger partial charge in [0.05, 0.1) is 5.39 Å². The molecular formula is C22H34N4O2S. The van der Waals surface area contributed by atoms with Crippen LogP contribution in [0.4, 0.5) is 0 Å². The third-order valence-corrected chi connectivity index (χ3v) is 8.06. The Balaban J connectivity index is 1.88. The van der Waals surface area contributed by atoms with Crippen molar-refractivity contribution >= 4 is 21.6 Å². The van der Waals surface area contributed by atoms with Crippen molar-refractivity contribution in [1.29, 1.82) is 0 Å². The standard InChI is InChI=1S/C22H34N4O2S/c1-4-24(5-2)13-14-25-21-19(17-11-12-23(3)15-18(17)29-21)20(27)26(22(25)28)16-9-7-6-8-10-16/h16H,4-15H2,1-3H3. The van der Waals surface area contributed by atoms with Gasteiger partial charge in [-0.25, -0.2) is 4.79 Å². The smallest absolute Gasteiger partial charge is 0.302 e. The molecule has 0 spiro atoms. The second kappa shape index (κ2) is 8.74. The van der Waals surface area contributed by atoms with E-state index in [2.05, 4.69) is 30.7 Å². The number of rotatable bonds is 6. The van der Waals surface area contributed by atoms with Crippen molar-refractivity contribution in [3.8, 4) is 0 Å². The van der Waals surface area contributed by atoms with Crippen molar-refractivity contribution in [3.05, 3.63) is 31.3 Å². The fourth-order valence-electron chi connectivity index (χ4n) is 4.99. The third-order valence-electron chi connectivity index (χ3n) is 6.82. The lowest BCUT2D eigenvalue weighted by Gasteiger charge is -2.25. The van der Waals surface area contributed by atoms with Crippen LogP contribution >= 0.6 is 11.3 Å². The van der Waals surface area contributed by atoms with Gasteiger partial charge in [-0.05, 0) is 45.0 Å². The minimum Gasteiger partial charge on any atom is -0.302 e. The quantitative estimate of drug-likeness (QED) is 0.724. The Morgan fingerprint density at radius 3 is 2.52 bits per heavy atom. The first-order valence-corrected chi connectivity index (χ1v) is 12.1. The molecule has 0 saturated heterocycles. The van der Waals surface area contributed by atoms with Crippen molar-refractivity contribution < 1.29 is 0 Å². The number of likely N-dealkylation sites (N-methyl/N-ethyl adjacent to an activating group) is 2. The van der Waals surface area contributed by atoms with Crippen LogP contribution in [0.15, 0.2) is 9.59 Å². The summed E-state index contributed by atoms with van der Waals surface area (Å²) < 4.78 is 3.56. The minimum atomic E-state index is -0.0893. The largest absolute Gasteiger partial charge is 0.332 e. The summed E-state index contributed by atoms with van der Waals surface area (Å²) in [5.74, 6) is 0. The highest BCUT2D eigenvalue weighted by molar-refractivity contribution is 7.18. The lowest BCUT2D eigenvalue weighted by Crippen LogP contribution is -2.44. The maximum Gasteiger partial charge on any atom is 0.332 e.